The van der Waals surface area contributed by atoms with Crippen LogP contribution in [0.3, 0.4) is 0 Å². The van der Waals surface area contributed by atoms with Gasteiger partial charge in [0.25, 0.3) is 5.56 Å². The fourth-order valence-electron chi connectivity index (χ4n) is 2.93. The maximum absolute atomic E-state index is 13.3. The van der Waals surface area contributed by atoms with Crippen LogP contribution in [-0.2, 0) is 6.54 Å². The third-order valence-electron chi connectivity index (χ3n) is 4.25. The van der Waals surface area contributed by atoms with Crippen molar-refractivity contribution >= 4 is 21.6 Å². The van der Waals surface area contributed by atoms with Crippen molar-refractivity contribution < 1.29 is 9.50 Å². The Labute approximate surface area is 158 Å². The van der Waals surface area contributed by atoms with Gasteiger partial charge in [-0.1, -0.05) is 30.3 Å². The number of aliphatic hydroxyl groups excluding tert-OH is 1. The zero-order valence-corrected chi connectivity index (χ0v) is 15.3. The van der Waals surface area contributed by atoms with Gasteiger partial charge in [-0.25, -0.2) is 14.1 Å². The van der Waals surface area contributed by atoms with E-state index in [1.165, 1.54) is 28.2 Å². The molecule has 0 saturated heterocycles. The minimum absolute atomic E-state index is 0.00353. The molecule has 0 amide bonds. The minimum Gasteiger partial charge on any atom is -0.386 e. The molecule has 2 aromatic heterocycles. The summed E-state index contributed by atoms with van der Waals surface area (Å²) < 4.78 is 15.2. The Morgan fingerprint density at radius 3 is 2.56 bits per heavy atom. The summed E-state index contributed by atoms with van der Waals surface area (Å²) in [6, 6.07) is 15.0. The van der Waals surface area contributed by atoms with E-state index in [0.717, 1.165) is 5.01 Å². The van der Waals surface area contributed by atoms with Crippen molar-refractivity contribution in [1.29, 1.82) is 0 Å². The summed E-state index contributed by atoms with van der Waals surface area (Å²) in [6.07, 6.45) is -0.880. The molecule has 136 valence electrons. The average Bonchev–Trinajstić information content (AvgIpc) is 3.07. The van der Waals surface area contributed by atoms with Crippen LogP contribution in [-0.4, -0.2) is 19.9 Å². The van der Waals surface area contributed by atoms with Gasteiger partial charge in [0.15, 0.2) is 5.52 Å². The number of benzene rings is 2. The molecule has 0 aliphatic heterocycles. The molecule has 4 rings (SSSR count). The summed E-state index contributed by atoms with van der Waals surface area (Å²) in [7, 11) is 0. The first-order valence-corrected chi connectivity index (χ1v) is 9.22. The third-order valence-corrected chi connectivity index (χ3v) is 5.23. The number of rotatable bonds is 4. The second-order valence-electron chi connectivity index (χ2n) is 6.18. The SMILES string of the molecule is Cc1nc2c(=O)n(CC(O)c3ccccc3)nc(-c3ccc(F)cc3)c2s1. The zero-order valence-electron chi connectivity index (χ0n) is 14.5. The van der Waals surface area contributed by atoms with Crippen LogP contribution in [0.15, 0.2) is 59.4 Å². The van der Waals surface area contributed by atoms with Gasteiger partial charge >= 0.3 is 0 Å². The molecule has 0 aliphatic carbocycles. The highest BCUT2D eigenvalue weighted by atomic mass is 32.1. The number of hydrogen-bond donors (Lipinski definition) is 1. The molecular formula is C20H16FN3O2S. The van der Waals surface area contributed by atoms with Gasteiger partial charge in [-0.15, -0.1) is 11.3 Å². The lowest BCUT2D eigenvalue weighted by molar-refractivity contribution is 0.150. The topological polar surface area (TPSA) is 68.0 Å². The van der Waals surface area contributed by atoms with Gasteiger partial charge in [0.05, 0.1) is 22.4 Å². The maximum Gasteiger partial charge on any atom is 0.294 e. The van der Waals surface area contributed by atoms with Crippen LogP contribution < -0.4 is 5.56 Å². The lowest BCUT2D eigenvalue weighted by Crippen LogP contribution is -2.26. The zero-order chi connectivity index (χ0) is 19.0. The highest BCUT2D eigenvalue weighted by Crippen LogP contribution is 2.29. The summed E-state index contributed by atoms with van der Waals surface area (Å²) in [5.41, 5.74) is 1.90. The molecule has 4 aromatic rings. The molecule has 27 heavy (non-hydrogen) atoms. The standard InChI is InChI=1S/C20H16FN3O2S/c1-12-22-18-19(27-12)17(14-7-9-15(21)10-8-14)23-24(20(18)26)11-16(25)13-5-3-2-4-6-13/h2-10,16,25H,11H2,1H3. The highest BCUT2D eigenvalue weighted by molar-refractivity contribution is 7.19. The molecule has 1 unspecified atom stereocenters. The molecule has 0 bridgehead atoms. The Bertz CT molecular complexity index is 1150. The first kappa shape index (κ1) is 17.5. The predicted molar refractivity (Wildman–Crippen MR) is 103 cm³/mol. The van der Waals surface area contributed by atoms with Gasteiger partial charge in [0.2, 0.25) is 0 Å². The van der Waals surface area contributed by atoms with Gasteiger partial charge in [-0.3, -0.25) is 4.79 Å². The first-order chi connectivity index (χ1) is 13.0. The van der Waals surface area contributed by atoms with Crippen molar-refractivity contribution in [1.82, 2.24) is 14.8 Å². The quantitative estimate of drug-likeness (QED) is 0.585. The van der Waals surface area contributed by atoms with E-state index in [4.69, 9.17) is 0 Å². The van der Waals surface area contributed by atoms with E-state index in [1.807, 2.05) is 25.1 Å². The second kappa shape index (κ2) is 7.02. The Morgan fingerprint density at radius 2 is 1.85 bits per heavy atom. The number of hydrogen-bond acceptors (Lipinski definition) is 5. The molecule has 2 aromatic carbocycles. The van der Waals surface area contributed by atoms with Crippen LogP contribution >= 0.6 is 11.3 Å². The fourth-order valence-corrected chi connectivity index (χ4v) is 3.85. The van der Waals surface area contributed by atoms with E-state index in [2.05, 4.69) is 10.1 Å². The van der Waals surface area contributed by atoms with Crippen LogP contribution in [0.4, 0.5) is 4.39 Å². The number of aryl methyl sites for hydroxylation is 1. The van der Waals surface area contributed by atoms with Crippen molar-refractivity contribution in [2.45, 2.75) is 19.6 Å². The molecule has 2 heterocycles. The lowest BCUT2D eigenvalue weighted by atomic mass is 10.1. The van der Waals surface area contributed by atoms with Crippen LogP contribution in [0, 0.1) is 12.7 Å². The summed E-state index contributed by atoms with van der Waals surface area (Å²) in [4.78, 5) is 17.2. The van der Waals surface area contributed by atoms with E-state index in [-0.39, 0.29) is 17.9 Å². The van der Waals surface area contributed by atoms with E-state index in [1.54, 1.807) is 24.3 Å². The van der Waals surface area contributed by atoms with Crippen molar-refractivity contribution in [3.05, 3.63) is 81.3 Å². The number of fused-ring (bicyclic) bond motifs is 1. The van der Waals surface area contributed by atoms with Crippen LogP contribution in [0.2, 0.25) is 0 Å². The normalized spacial score (nSPS) is 12.4. The van der Waals surface area contributed by atoms with E-state index < -0.39 is 6.10 Å². The number of aliphatic hydroxyl groups is 1. The molecular weight excluding hydrogens is 365 g/mol. The lowest BCUT2D eigenvalue weighted by Gasteiger charge is -2.13. The summed E-state index contributed by atoms with van der Waals surface area (Å²) >= 11 is 1.37. The van der Waals surface area contributed by atoms with Crippen molar-refractivity contribution in [3.8, 4) is 11.3 Å². The maximum atomic E-state index is 13.3. The summed E-state index contributed by atoms with van der Waals surface area (Å²) in [6.45, 7) is 1.82. The molecule has 0 fully saturated rings. The van der Waals surface area contributed by atoms with Gasteiger partial charge in [-0.2, -0.15) is 5.10 Å². The first-order valence-electron chi connectivity index (χ1n) is 8.40. The number of thiazole rings is 1. The average molecular weight is 381 g/mol. The van der Waals surface area contributed by atoms with E-state index in [9.17, 15) is 14.3 Å². The third kappa shape index (κ3) is 3.39. The number of halogens is 1. The molecule has 0 radical (unpaired) electrons. The number of nitrogens with zero attached hydrogens (tertiary/aromatic N) is 3. The monoisotopic (exact) mass is 381 g/mol. The Kier molecular flexibility index (Phi) is 4.55. The Balaban J connectivity index is 1.85. The van der Waals surface area contributed by atoms with Crippen molar-refractivity contribution in [2.75, 3.05) is 0 Å². The Morgan fingerprint density at radius 1 is 1.15 bits per heavy atom. The summed E-state index contributed by atoms with van der Waals surface area (Å²) in [5.74, 6) is -0.344. The van der Waals surface area contributed by atoms with Crippen molar-refractivity contribution in [3.63, 3.8) is 0 Å². The molecule has 0 saturated carbocycles. The predicted octanol–water partition coefficient (Wildman–Crippen LogP) is 3.70. The van der Waals surface area contributed by atoms with Gasteiger partial charge in [-0.05, 0) is 36.8 Å². The smallest absolute Gasteiger partial charge is 0.294 e. The molecule has 1 atom stereocenters. The van der Waals surface area contributed by atoms with E-state index in [0.29, 0.717) is 27.0 Å². The van der Waals surface area contributed by atoms with Gasteiger partial charge in [0, 0.05) is 5.56 Å². The van der Waals surface area contributed by atoms with Crippen LogP contribution in [0.1, 0.15) is 16.7 Å². The van der Waals surface area contributed by atoms with Gasteiger partial charge in [0.1, 0.15) is 11.5 Å². The van der Waals surface area contributed by atoms with Crippen LogP contribution in [0.25, 0.3) is 21.5 Å². The molecule has 1 N–H and O–H groups in total. The largest absolute Gasteiger partial charge is 0.386 e. The molecule has 0 aliphatic rings. The van der Waals surface area contributed by atoms with Crippen molar-refractivity contribution in [2.24, 2.45) is 0 Å². The second-order valence-corrected chi connectivity index (χ2v) is 7.38. The fraction of sp³-hybridized carbons (Fsp3) is 0.150. The number of aromatic nitrogens is 3. The van der Waals surface area contributed by atoms with Crippen LogP contribution in [0.5, 0.6) is 0 Å². The molecule has 0 spiro atoms. The van der Waals surface area contributed by atoms with Gasteiger partial charge < -0.3 is 5.11 Å². The highest BCUT2D eigenvalue weighted by Gasteiger charge is 2.18. The van der Waals surface area contributed by atoms with E-state index >= 15 is 0 Å². The minimum atomic E-state index is -0.880. The molecule has 5 nitrogen and oxygen atoms in total. The summed E-state index contributed by atoms with van der Waals surface area (Å²) in [5, 5.41) is 15.7. The molecule has 7 heteroatoms. The Hall–Kier alpha value is -2.90.